The maximum atomic E-state index is 13.1. The molecule has 0 saturated heterocycles. The van der Waals surface area contributed by atoms with E-state index in [1.807, 2.05) is 30.3 Å². The van der Waals surface area contributed by atoms with Crippen LogP contribution >= 0.6 is 15.9 Å². The summed E-state index contributed by atoms with van der Waals surface area (Å²) in [5.74, 6) is 0.664. The molecule has 146 valence electrons. The predicted octanol–water partition coefficient (Wildman–Crippen LogP) is 5.39. The van der Waals surface area contributed by atoms with E-state index < -0.39 is 12.7 Å². The molecule has 0 aliphatic carbocycles. The van der Waals surface area contributed by atoms with Crippen LogP contribution < -0.4 is 9.64 Å². The number of hydrogen-bond acceptors (Lipinski definition) is 4. The van der Waals surface area contributed by atoms with Gasteiger partial charge in [0.05, 0.1) is 0 Å². The Morgan fingerprint density at radius 1 is 1.00 bits per heavy atom. The highest BCUT2D eigenvalue weighted by Crippen LogP contribution is 2.28. The Balaban J connectivity index is 1.84. The van der Waals surface area contributed by atoms with Crippen LogP contribution in [0.1, 0.15) is 11.1 Å². The Morgan fingerprint density at radius 2 is 1.79 bits per heavy atom. The highest BCUT2D eigenvalue weighted by atomic mass is 79.9. The lowest BCUT2D eigenvalue weighted by Crippen LogP contribution is -2.34. The molecule has 0 unspecified atom stereocenters. The molecule has 2 aromatic carbocycles. The zero-order valence-corrected chi connectivity index (χ0v) is 16.3. The Bertz CT molecular complexity index is 892. The number of rotatable bonds is 7. The minimum atomic E-state index is -4.38. The number of alkyl halides is 3. The second-order valence-corrected chi connectivity index (χ2v) is 7.00. The van der Waals surface area contributed by atoms with Crippen LogP contribution in [0.5, 0.6) is 5.75 Å². The van der Waals surface area contributed by atoms with Crippen LogP contribution in [0.15, 0.2) is 71.3 Å². The fourth-order valence-electron chi connectivity index (χ4n) is 2.65. The van der Waals surface area contributed by atoms with Gasteiger partial charge in [0.15, 0.2) is 5.82 Å². The Hall–Kier alpha value is -2.61. The van der Waals surface area contributed by atoms with E-state index in [2.05, 4.69) is 26.1 Å². The fraction of sp³-hybridized carbons (Fsp3) is 0.200. The van der Waals surface area contributed by atoms with Crippen molar-refractivity contribution in [3.05, 3.63) is 82.5 Å². The van der Waals surface area contributed by atoms with Crippen LogP contribution in [0, 0.1) is 0 Å². The van der Waals surface area contributed by atoms with E-state index in [1.165, 1.54) is 12.3 Å². The van der Waals surface area contributed by atoms with Gasteiger partial charge in [-0.05, 0) is 35.9 Å². The van der Waals surface area contributed by atoms with Crippen molar-refractivity contribution in [3.63, 3.8) is 0 Å². The van der Waals surface area contributed by atoms with Crippen molar-refractivity contribution in [2.45, 2.75) is 19.3 Å². The molecule has 0 N–H and O–H groups in total. The molecule has 0 radical (unpaired) electrons. The van der Waals surface area contributed by atoms with Gasteiger partial charge in [0.1, 0.15) is 18.9 Å². The van der Waals surface area contributed by atoms with Gasteiger partial charge in [-0.3, -0.25) is 0 Å². The van der Waals surface area contributed by atoms with Crippen molar-refractivity contribution in [1.82, 2.24) is 10.2 Å². The van der Waals surface area contributed by atoms with Crippen LogP contribution in [0.25, 0.3) is 0 Å². The van der Waals surface area contributed by atoms with Crippen molar-refractivity contribution in [3.8, 4) is 5.75 Å². The second-order valence-electron chi connectivity index (χ2n) is 6.08. The summed E-state index contributed by atoms with van der Waals surface area (Å²) in [4.78, 5) is 1.13. The Morgan fingerprint density at radius 3 is 2.46 bits per heavy atom. The largest absolute Gasteiger partial charge is 0.489 e. The van der Waals surface area contributed by atoms with Crippen LogP contribution in [-0.2, 0) is 13.2 Å². The molecule has 4 nitrogen and oxygen atoms in total. The van der Waals surface area contributed by atoms with E-state index >= 15 is 0 Å². The van der Waals surface area contributed by atoms with Crippen molar-refractivity contribution in [2.75, 3.05) is 11.4 Å². The maximum absolute atomic E-state index is 13.1. The first kappa shape index (κ1) is 20.1. The molecular weight excluding hydrogens is 435 g/mol. The summed E-state index contributed by atoms with van der Waals surface area (Å²) in [6.07, 6.45) is -2.96. The monoisotopic (exact) mass is 451 g/mol. The van der Waals surface area contributed by atoms with E-state index in [0.29, 0.717) is 17.9 Å². The van der Waals surface area contributed by atoms with Gasteiger partial charge in [0.25, 0.3) is 0 Å². The summed E-state index contributed by atoms with van der Waals surface area (Å²) < 4.78 is 46.0. The minimum absolute atomic E-state index is 0.0260. The lowest BCUT2D eigenvalue weighted by Gasteiger charge is -2.25. The summed E-state index contributed by atoms with van der Waals surface area (Å²) in [7, 11) is 0. The summed E-state index contributed by atoms with van der Waals surface area (Å²) in [5, 5.41) is 7.52. The standard InChI is InChI=1S/C20H17BrF3N3O/c21-17-8-9-18(28-13-15-5-2-1-3-6-15)16(11-17)12-27(14-20(22,23)24)19-7-4-10-25-26-19/h1-11H,12-14H2. The number of nitrogens with zero attached hydrogens (tertiary/aromatic N) is 3. The fourth-order valence-corrected chi connectivity index (χ4v) is 3.06. The molecule has 0 aliphatic rings. The Labute approximate surface area is 169 Å². The van der Waals surface area contributed by atoms with E-state index in [4.69, 9.17) is 4.74 Å². The summed E-state index contributed by atoms with van der Waals surface area (Å²) in [6, 6.07) is 17.9. The van der Waals surface area contributed by atoms with Crippen LogP contribution in [0.4, 0.5) is 19.0 Å². The molecule has 0 fully saturated rings. The van der Waals surface area contributed by atoms with Crippen molar-refractivity contribution >= 4 is 21.7 Å². The van der Waals surface area contributed by atoms with Crippen LogP contribution in [0.2, 0.25) is 0 Å². The molecule has 3 aromatic rings. The van der Waals surface area contributed by atoms with Gasteiger partial charge in [-0.25, -0.2) is 0 Å². The summed E-state index contributed by atoms with van der Waals surface area (Å²) >= 11 is 3.38. The third-order valence-electron chi connectivity index (χ3n) is 3.87. The van der Waals surface area contributed by atoms with Crippen molar-refractivity contribution in [2.24, 2.45) is 0 Å². The zero-order chi connectivity index (χ0) is 20.0. The van der Waals surface area contributed by atoms with E-state index in [0.717, 1.165) is 14.9 Å². The molecule has 0 bridgehead atoms. The molecular formula is C20H17BrF3N3O. The molecule has 0 amide bonds. The molecule has 28 heavy (non-hydrogen) atoms. The normalized spacial score (nSPS) is 11.3. The number of halogens is 4. The van der Waals surface area contributed by atoms with Gasteiger partial charge in [0, 0.05) is 22.8 Å². The minimum Gasteiger partial charge on any atom is -0.489 e. The van der Waals surface area contributed by atoms with Gasteiger partial charge < -0.3 is 9.64 Å². The van der Waals surface area contributed by atoms with E-state index in [1.54, 1.807) is 24.3 Å². The smallest absolute Gasteiger partial charge is 0.405 e. The number of hydrogen-bond donors (Lipinski definition) is 0. The predicted molar refractivity (Wildman–Crippen MR) is 104 cm³/mol. The van der Waals surface area contributed by atoms with Gasteiger partial charge in [-0.2, -0.15) is 18.3 Å². The molecule has 8 heteroatoms. The van der Waals surface area contributed by atoms with Crippen LogP contribution in [-0.4, -0.2) is 22.9 Å². The van der Waals surface area contributed by atoms with Gasteiger partial charge in [-0.1, -0.05) is 46.3 Å². The molecule has 1 heterocycles. The van der Waals surface area contributed by atoms with Gasteiger partial charge >= 0.3 is 6.18 Å². The Kier molecular flexibility index (Phi) is 6.51. The maximum Gasteiger partial charge on any atom is 0.405 e. The first-order chi connectivity index (χ1) is 13.4. The number of anilines is 1. The van der Waals surface area contributed by atoms with Crippen LogP contribution in [0.3, 0.4) is 0 Å². The molecule has 0 spiro atoms. The average Bonchev–Trinajstić information content (AvgIpc) is 2.67. The molecule has 0 atom stereocenters. The lowest BCUT2D eigenvalue weighted by molar-refractivity contribution is -0.120. The summed E-state index contributed by atoms with van der Waals surface area (Å²) in [5.41, 5.74) is 1.58. The number of ether oxygens (including phenoxy) is 1. The third-order valence-corrected chi connectivity index (χ3v) is 4.37. The van der Waals surface area contributed by atoms with Crippen molar-refractivity contribution < 1.29 is 17.9 Å². The zero-order valence-electron chi connectivity index (χ0n) is 14.7. The van der Waals surface area contributed by atoms with Gasteiger partial charge in [-0.15, -0.1) is 5.10 Å². The SMILES string of the molecule is FC(F)(F)CN(Cc1cc(Br)ccc1OCc1ccccc1)c1cccnn1. The highest BCUT2D eigenvalue weighted by Gasteiger charge is 2.32. The summed E-state index contributed by atoms with van der Waals surface area (Å²) in [6.45, 7) is -0.849. The van der Waals surface area contributed by atoms with Gasteiger partial charge in [0.2, 0.25) is 0 Å². The van der Waals surface area contributed by atoms with E-state index in [9.17, 15) is 13.2 Å². The molecule has 3 rings (SSSR count). The topological polar surface area (TPSA) is 38.2 Å². The average molecular weight is 452 g/mol. The first-order valence-electron chi connectivity index (χ1n) is 8.45. The van der Waals surface area contributed by atoms with Crippen molar-refractivity contribution in [1.29, 1.82) is 0 Å². The molecule has 1 aromatic heterocycles. The van der Waals surface area contributed by atoms with E-state index in [-0.39, 0.29) is 12.4 Å². The quantitative estimate of drug-likeness (QED) is 0.482. The molecule has 0 aliphatic heterocycles. The molecule has 0 saturated carbocycles. The second kappa shape index (κ2) is 9.05. The number of aromatic nitrogens is 2. The first-order valence-corrected chi connectivity index (χ1v) is 9.24. The number of benzene rings is 2. The lowest BCUT2D eigenvalue weighted by atomic mass is 10.1. The third kappa shape index (κ3) is 5.95. The highest BCUT2D eigenvalue weighted by molar-refractivity contribution is 9.10.